The first-order valence-corrected chi connectivity index (χ1v) is 9.81. The minimum atomic E-state index is -0.616. The predicted octanol–water partition coefficient (Wildman–Crippen LogP) is 5.22. The number of oxime groups is 1. The summed E-state index contributed by atoms with van der Waals surface area (Å²) in [6.45, 7) is 4.49. The zero-order valence-corrected chi connectivity index (χ0v) is 16.6. The van der Waals surface area contributed by atoms with Crippen molar-refractivity contribution in [3.05, 3.63) is 59.4 Å². The van der Waals surface area contributed by atoms with E-state index in [0.717, 1.165) is 20.9 Å². The van der Waals surface area contributed by atoms with Crippen LogP contribution in [0.3, 0.4) is 0 Å². The molecule has 144 valence electrons. The molecule has 27 heavy (non-hydrogen) atoms. The van der Waals surface area contributed by atoms with Gasteiger partial charge < -0.3 is 14.7 Å². The van der Waals surface area contributed by atoms with Crippen LogP contribution in [0, 0.1) is 5.82 Å². The van der Waals surface area contributed by atoms with E-state index in [9.17, 15) is 4.39 Å². The monoisotopic (exact) mass is 389 g/mol. The molecular weight excluding hydrogens is 365 g/mol. The number of benzene rings is 2. The second kappa shape index (κ2) is 8.42. The fourth-order valence-corrected chi connectivity index (χ4v) is 4.44. The lowest BCUT2D eigenvalue weighted by atomic mass is 9.87. The molecule has 2 aromatic rings. The highest BCUT2D eigenvalue weighted by molar-refractivity contribution is 7.99. The van der Waals surface area contributed by atoms with E-state index < -0.39 is 5.60 Å². The molecule has 0 aliphatic carbocycles. The van der Waals surface area contributed by atoms with Crippen molar-refractivity contribution in [3.8, 4) is 0 Å². The first-order valence-electron chi connectivity index (χ1n) is 8.99. The normalized spacial score (nSPS) is 23.0. The maximum absolute atomic E-state index is 14.3. The number of rotatable bonds is 6. The Morgan fingerprint density at radius 2 is 2.04 bits per heavy atom. The maximum Gasteiger partial charge on any atom is 0.124 e. The van der Waals surface area contributed by atoms with Gasteiger partial charge in [-0.15, -0.1) is 0 Å². The Bertz CT molecular complexity index is 825. The van der Waals surface area contributed by atoms with Gasteiger partial charge >= 0.3 is 0 Å². The van der Waals surface area contributed by atoms with Gasteiger partial charge in [0.2, 0.25) is 0 Å². The Morgan fingerprint density at radius 3 is 2.59 bits per heavy atom. The van der Waals surface area contributed by atoms with E-state index >= 15 is 0 Å². The van der Waals surface area contributed by atoms with E-state index in [1.807, 2.05) is 44.2 Å². The van der Waals surface area contributed by atoms with Crippen LogP contribution in [0.25, 0.3) is 0 Å². The van der Waals surface area contributed by atoms with Gasteiger partial charge in [-0.1, -0.05) is 36.0 Å². The number of hydrogen-bond acceptors (Lipinski definition) is 5. The van der Waals surface area contributed by atoms with Gasteiger partial charge in [0, 0.05) is 23.3 Å². The van der Waals surface area contributed by atoms with Crippen molar-refractivity contribution in [3.63, 3.8) is 0 Å². The molecule has 1 saturated heterocycles. The molecule has 2 aromatic carbocycles. The van der Waals surface area contributed by atoms with Crippen molar-refractivity contribution in [2.75, 3.05) is 13.7 Å². The maximum atomic E-state index is 14.3. The van der Waals surface area contributed by atoms with Gasteiger partial charge in [-0.25, -0.2) is 4.39 Å². The van der Waals surface area contributed by atoms with Crippen LogP contribution in [0.4, 0.5) is 4.39 Å². The standard InChI is InChI=1S/C21H24FNO3S/c1-4-20(23-24)15-5-7-18(8-6-15)27-19-12-16(11-17(22)13-19)21(25-3)9-10-26-14(21)2/h5-8,11-14,24H,4,9-10H2,1-3H3. The number of methoxy groups -OCH3 is 1. The summed E-state index contributed by atoms with van der Waals surface area (Å²) in [5, 5.41) is 12.4. The molecule has 1 aliphatic rings. The Morgan fingerprint density at radius 1 is 1.30 bits per heavy atom. The van der Waals surface area contributed by atoms with Crippen LogP contribution in [-0.2, 0) is 15.1 Å². The first kappa shape index (κ1) is 19.9. The van der Waals surface area contributed by atoms with Crippen molar-refractivity contribution < 1.29 is 19.1 Å². The second-order valence-corrected chi connectivity index (χ2v) is 7.71. The summed E-state index contributed by atoms with van der Waals surface area (Å²) >= 11 is 1.48. The molecule has 0 aromatic heterocycles. The summed E-state index contributed by atoms with van der Waals surface area (Å²) in [6, 6.07) is 12.7. The molecule has 2 unspecified atom stereocenters. The highest BCUT2D eigenvalue weighted by atomic mass is 32.2. The van der Waals surface area contributed by atoms with Crippen molar-refractivity contribution >= 4 is 17.5 Å². The van der Waals surface area contributed by atoms with E-state index in [-0.39, 0.29) is 11.9 Å². The second-order valence-electron chi connectivity index (χ2n) is 6.56. The van der Waals surface area contributed by atoms with Gasteiger partial charge in [0.15, 0.2) is 0 Å². The van der Waals surface area contributed by atoms with Gasteiger partial charge in [-0.2, -0.15) is 0 Å². The third-order valence-corrected chi connectivity index (χ3v) is 6.08. The molecule has 0 radical (unpaired) electrons. The van der Waals surface area contributed by atoms with E-state index in [2.05, 4.69) is 5.16 Å². The predicted molar refractivity (Wildman–Crippen MR) is 104 cm³/mol. The quantitative estimate of drug-likeness (QED) is 0.418. The molecule has 2 atom stereocenters. The molecular formula is C21H24FNO3S. The smallest absolute Gasteiger partial charge is 0.124 e. The van der Waals surface area contributed by atoms with Crippen molar-refractivity contribution in [2.45, 2.75) is 48.2 Å². The van der Waals surface area contributed by atoms with Crippen molar-refractivity contribution in [1.82, 2.24) is 0 Å². The molecule has 4 nitrogen and oxygen atoms in total. The lowest BCUT2D eigenvalue weighted by molar-refractivity contribution is -0.0650. The molecule has 1 fully saturated rings. The number of nitrogens with zero attached hydrogens (tertiary/aromatic N) is 1. The van der Waals surface area contributed by atoms with Gasteiger partial charge in [0.25, 0.3) is 0 Å². The number of halogens is 1. The van der Waals surface area contributed by atoms with Crippen LogP contribution >= 0.6 is 11.8 Å². The third-order valence-electron chi connectivity index (χ3n) is 5.10. The van der Waals surface area contributed by atoms with E-state index in [0.29, 0.717) is 25.2 Å². The highest BCUT2D eigenvalue weighted by Gasteiger charge is 2.43. The van der Waals surface area contributed by atoms with Gasteiger partial charge in [-0.3, -0.25) is 0 Å². The molecule has 1 N–H and O–H groups in total. The molecule has 6 heteroatoms. The Balaban J connectivity index is 1.87. The highest BCUT2D eigenvalue weighted by Crippen LogP contribution is 2.41. The summed E-state index contributed by atoms with van der Waals surface area (Å²) in [6.07, 6.45) is 1.22. The molecule has 0 saturated carbocycles. The summed E-state index contributed by atoms with van der Waals surface area (Å²) < 4.78 is 25.8. The lowest BCUT2D eigenvalue weighted by Gasteiger charge is -2.31. The van der Waals surface area contributed by atoms with Crippen LogP contribution < -0.4 is 0 Å². The molecule has 3 rings (SSSR count). The van der Waals surface area contributed by atoms with Crippen LogP contribution in [0.2, 0.25) is 0 Å². The minimum absolute atomic E-state index is 0.133. The summed E-state index contributed by atoms with van der Waals surface area (Å²) in [4.78, 5) is 1.78. The lowest BCUT2D eigenvalue weighted by Crippen LogP contribution is -2.35. The Hall–Kier alpha value is -1.89. The van der Waals surface area contributed by atoms with Crippen LogP contribution in [-0.4, -0.2) is 30.7 Å². The van der Waals surface area contributed by atoms with E-state index in [1.165, 1.54) is 23.9 Å². The van der Waals surface area contributed by atoms with Crippen molar-refractivity contribution in [2.24, 2.45) is 5.16 Å². The summed E-state index contributed by atoms with van der Waals surface area (Å²) in [7, 11) is 1.65. The van der Waals surface area contributed by atoms with Crippen molar-refractivity contribution in [1.29, 1.82) is 0 Å². The van der Waals surface area contributed by atoms with E-state index in [1.54, 1.807) is 7.11 Å². The summed E-state index contributed by atoms with van der Waals surface area (Å²) in [5.41, 5.74) is 1.70. The fraction of sp³-hybridized carbons (Fsp3) is 0.381. The molecule has 1 heterocycles. The summed E-state index contributed by atoms with van der Waals surface area (Å²) in [5.74, 6) is -0.289. The Labute approximate surface area is 163 Å². The minimum Gasteiger partial charge on any atom is -0.411 e. The number of ether oxygens (including phenoxy) is 2. The van der Waals surface area contributed by atoms with Gasteiger partial charge in [0.1, 0.15) is 11.4 Å². The van der Waals surface area contributed by atoms with Crippen LogP contribution in [0.1, 0.15) is 37.8 Å². The van der Waals surface area contributed by atoms with Crippen LogP contribution in [0.5, 0.6) is 0 Å². The largest absolute Gasteiger partial charge is 0.411 e. The fourth-order valence-electron chi connectivity index (χ4n) is 3.54. The topological polar surface area (TPSA) is 51.1 Å². The zero-order valence-electron chi connectivity index (χ0n) is 15.7. The molecule has 1 aliphatic heterocycles. The zero-order chi connectivity index (χ0) is 19.4. The van der Waals surface area contributed by atoms with Gasteiger partial charge in [-0.05, 0) is 54.8 Å². The average Bonchev–Trinajstić information content (AvgIpc) is 3.05. The third kappa shape index (κ3) is 4.03. The molecule has 0 bridgehead atoms. The molecule has 0 amide bonds. The SMILES string of the molecule is CCC(=NO)c1ccc(Sc2cc(F)cc(C3(OC)CCOC3C)c2)cc1. The average molecular weight is 389 g/mol. The van der Waals surface area contributed by atoms with Gasteiger partial charge in [0.05, 0.1) is 18.4 Å². The number of hydrogen-bond donors (Lipinski definition) is 1. The Kier molecular flexibility index (Phi) is 6.19. The first-order chi connectivity index (χ1) is 13.0. The van der Waals surface area contributed by atoms with E-state index in [4.69, 9.17) is 14.7 Å². The van der Waals surface area contributed by atoms with Crippen LogP contribution in [0.15, 0.2) is 57.4 Å². The molecule has 0 spiro atoms.